The predicted molar refractivity (Wildman–Crippen MR) is 245 cm³/mol. The minimum absolute atomic E-state index is 0.0585. The highest BCUT2D eigenvalue weighted by atomic mass is 16.5. The zero-order chi connectivity index (χ0) is 44.0. The van der Waals surface area contributed by atoms with Crippen LogP contribution in [0, 0.1) is 0 Å². The topological polar surface area (TPSA) is 168 Å². The van der Waals surface area contributed by atoms with Crippen LogP contribution in [0.15, 0.2) is 106 Å². The monoisotopic (exact) mass is 867 g/mol. The molecular weight excluding hydrogens is 815 g/mol. The number of hydrogen-bond acceptors (Lipinski definition) is 10. The third-order valence-corrected chi connectivity index (χ3v) is 12.3. The van der Waals surface area contributed by atoms with Crippen molar-refractivity contribution in [2.75, 3.05) is 53.5 Å². The SMILES string of the molecule is COc1cccc2c(COc3cccc4[nH]c(C(=O)NC5CCN(CCN6CCCCC6)CC5)cc34)coc12.COc1cccc2c(COc3cccc4[nH]c(C(=O)O)cc34)coc12. The van der Waals surface area contributed by atoms with Gasteiger partial charge in [-0.3, -0.25) is 4.79 Å². The number of aromatic nitrogens is 2. The Morgan fingerprint density at radius 2 is 1.12 bits per heavy atom. The Morgan fingerprint density at radius 1 is 0.641 bits per heavy atom. The molecule has 0 aliphatic carbocycles. The van der Waals surface area contributed by atoms with Crippen molar-refractivity contribution in [1.82, 2.24) is 25.1 Å². The first-order valence-corrected chi connectivity index (χ1v) is 21.9. The van der Waals surface area contributed by atoms with Gasteiger partial charge in [0.1, 0.15) is 36.1 Å². The summed E-state index contributed by atoms with van der Waals surface area (Å²) in [5.41, 5.74) is 5.51. The molecule has 0 spiro atoms. The normalized spacial score (nSPS) is 15.0. The summed E-state index contributed by atoms with van der Waals surface area (Å²) in [6.07, 6.45) is 9.40. The molecule has 64 heavy (non-hydrogen) atoms. The van der Waals surface area contributed by atoms with Crippen LogP contribution < -0.4 is 24.3 Å². The number of amides is 1. The Balaban J connectivity index is 0.000000178. The molecule has 0 unspecified atom stereocenters. The number of furan rings is 2. The van der Waals surface area contributed by atoms with Crippen LogP contribution in [-0.2, 0) is 13.2 Å². The Morgan fingerprint density at radius 3 is 1.66 bits per heavy atom. The summed E-state index contributed by atoms with van der Waals surface area (Å²) in [7, 11) is 3.23. The van der Waals surface area contributed by atoms with Crippen molar-refractivity contribution in [1.29, 1.82) is 0 Å². The van der Waals surface area contributed by atoms with Gasteiger partial charge in [0.2, 0.25) is 0 Å². The van der Waals surface area contributed by atoms with Crippen LogP contribution in [0.5, 0.6) is 23.0 Å². The molecule has 2 saturated heterocycles. The summed E-state index contributed by atoms with van der Waals surface area (Å²) < 4.78 is 34.1. The largest absolute Gasteiger partial charge is 0.493 e. The molecule has 10 rings (SSSR count). The van der Waals surface area contributed by atoms with Gasteiger partial charge in [-0.2, -0.15) is 0 Å². The number of carboxylic acid groups (broad SMARTS) is 1. The quantitative estimate of drug-likeness (QED) is 0.0822. The lowest BCUT2D eigenvalue weighted by Gasteiger charge is -2.34. The number of carbonyl (C=O) groups is 2. The van der Waals surface area contributed by atoms with Crippen LogP contribution in [0.3, 0.4) is 0 Å². The Bertz CT molecular complexity index is 2880. The van der Waals surface area contributed by atoms with Gasteiger partial charge in [0.15, 0.2) is 22.7 Å². The molecule has 0 atom stereocenters. The average Bonchev–Trinajstić information content (AvgIpc) is 4.16. The summed E-state index contributed by atoms with van der Waals surface area (Å²) in [5, 5.41) is 15.9. The zero-order valence-corrected chi connectivity index (χ0v) is 36.1. The molecule has 4 N–H and O–H groups in total. The fraction of sp³-hybridized carbons (Fsp3) is 0.320. The summed E-state index contributed by atoms with van der Waals surface area (Å²) in [4.78, 5) is 35.6. The number of carboxylic acids is 1. The number of aromatic carboxylic acids is 1. The van der Waals surface area contributed by atoms with E-state index in [4.69, 9.17) is 32.9 Å². The summed E-state index contributed by atoms with van der Waals surface area (Å²) in [6, 6.07) is 26.4. The molecule has 4 aromatic heterocycles. The number of carbonyl (C=O) groups excluding carboxylic acids is 1. The molecule has 0 saturated carbocycles. The first-order valence-electron chi connectivity index (χ1n) is 21.9. The van der Waals surface area contributed by atoms with E-state index in [-0.39, 0.29) is 17.6 Å². The fourth-order valence-corrected chi connectivity index (χ4v) is 8.80. The van der Waals surface area contributed by atoms with Crippen LogP contribution in [0.1, 0.15) is 64.2 Å². The lowest BCUT2D eigenvalue weighted by molar-refractivity contribution is 0.0691. The second kappa shape index (κ2) is 19.2. The van der Waals surface area contributed by atoms with Crippen molar-refractivity contribution in [3.8, 4) is 23.0 Å². The van der Waals surface area contributed by atoms with E-state index in [1.165, 1.54) is 38.9 Å². The molecule has 6 heterocycles. The van der Waals surface area contributed by atoms with Crippen molar-refractivity contribution in [3.05, 3.63) is 120 Å². The van der Waals surface area contributed by atoms with Crippen LogP contribution in [-0.4, -0.2) is 96.3 Å². The molecule has 1 amide bonds. The Hall–Kier alpha value is -6.90. The van der Waals surface area contributed by atoms with Crippen molar-refractivity contribution in [2.24, 2.45) is 0 Å². The molecule has 2 aliphatic rings. The van der Waals surface area contributed by atoms with E-state index in [0.29, 0.717) is 52.8 Å². The summed E-state index contributed by atoms with van der Waals surface area (Å²) >= 11 is 0. The first-order chi connectivity index (χ1) is 31.3. The fourth-order valence-electron chi connectivity index (χ4n) is 8.80. The van der Waals surface area contributed by atoms with Crippen molar-refractivity contribution < 1.29 is 42.5 Å². The number of para-hydroxylation sites is 2. The van der Waals surface area contributed by atoms with Crippen LogP contribution in [0.25, 0.3) is 43.7 Å². The van der Waals surface area contributed by atoms with E-state index < -0.39 is 5.97 Å². The number of nitrogens with zero attached hydrogens (tertiary/aromatic N) is 2. The maximum Gasteiger partial charge on any atom is 0.352 e. The molecule has 2 fully saturated rings. The van der Waals surface area contributed by atoms with Crippen molar-refractivity contribution in [2.45, 2.75) is 51.4 Å². The second-order valence-corrected chi connectivity index (χ2v) is 16.4. The molecule has 332 valence electrons. The van der Waals surface area contributed by atoms with Gasteiger partial charge in [-0.1, -0.05) is 42.8 Å². The van der Waals surface area contributed by atoms with E-state index in [0.717, 1.165) is 76.4 Å². The zero-order valence-electron chi connectivity index (χ0n) is 36.1. The van der Waals surface area contributed by atoms with Crippen molar-refractivity contribution >= 4 is 55.6 Å². The Kier molecular flexibility index (Phi) is 12.7. The summed E-state index contributed by atoms with van der Waals surface area (Å²) in [5.74, 6) is 1.64. The highest BCUT2D eigenvalue weighted by Gasteiger charge is 2.23. The number of benzene rings is 4. The molecule has 0 bridgehead atoms. The number of piperidine rings is 2. The lowest BCUT2D eigenvalue weighted by atomic mass is 10.0. The van der Waals surface area contributed by atoms with Gasteiger partial charge in [0.05, 0.1) is 26.7 Å². The van der Waals surface area contributed by atoms with E-state index in [1.54, 1.807) is 32.8 Å². The molecule has 14 nitrogen and oxygen atoms in total. The average molecular weight is 868 g/mol. The highest BCUT2D eigenvalue weighted by molar-refractivity contribution is 6.00. The van der Waals surface area contributed by atoms with Crippen molar-refractivity contribution in [3.63, 3.8) is 0 Å². The number of likely N-dealkylation sites (tertiary alicyclic amines) is 2. The molecule has 4 aromatic carbocycles. The van der Waals surface area contributed by atoms with Gasteiger partial charge < -0.3 is 58.0 Å². The Labute approximate surface area is 370 Å². The third kappa shape index (κ3) is 9.24. The van der Waals surface area contributed by atoms with E-state index in [9.17, 15) is 9.59 Å². The van der Waals surface area contributed by atoms with Crippen LogP contribution in [0.2, 0.25) is 0 Å². The maximum atomic E-state index is 13.1. The first kappa shape index (κ1) is 42.4. The van der Waals surface area contributed by atoms with Gasteiger partial charge in [0.25, 0.3) is 5.91 Å². The van der Waals surface area contributed by atoms with Gasteiger partial charge in [0, 0.05) is 75.9 Å². The molecule has 8 aromatic rings. The van der Waals surface area contributed by atoms with Gasteiger partial charge in [-0.25, -0.2) is 4.79 Å². The highest BCUT2D eigenvalue weighted by Crippen LogP contribution is 2.34. The van der Waals surface area contributed by atoms with E-state index >= 15 is 0 Å². The van der Waals surface area contributed by atoms with Crippen LogP contribution in [0.4, 0.5) is 0 Å². The third-order valence-electron chi connectivity index (χ3n) is 12.3. The second-order valence-electron chi connectivity index (χ2n) is 16.4. The number of aromatic amines is 2. The van der Waals surface area contributed by atoms with Gasteiger partial charge >= 0.3 is 5.97 Å². The van der Waals surface area contributed by atoms with E-state index in [1.807, 2.05) is 78.9 Å². The molecule has 14 heteroatoms. The minimum atomic E-state index is -1.00. The smallest absolute Gasteiger partial charge is 0.352 e. The van der Waals surface area contributed by atoms with Crippen LogP contribution >= 0.6 is 0 Å². The number of fused-ring (bicyclic) bond motifs is 4. The minimum Gasteiger partial charge on any atom is -0.493 e. The van der Waals surface area contributed by atoms with E-state index in [2.05, 4.69) is 25.1 Å². The number of ether oxygens (including phenoxy) is 4. The molecule has 2 aliphatic heterocycles. The van der Waals surface area contributed by atoms with Gasteiger partial charge in [-0.05, 0) is 87.3 Å². The number of H-pyrrole nitrogens is 2. The van der Waals surface area contributed by atoms with Gasteiger partial charge in [-0.15, -0.1) is 0 Å². The predicted octanol–water partition coefficient (Wildman–Crippen LogP) is 9.38. The summed E-state index contributed by atoms with van der Waals surface area (Å²) in [6.45, 7) is 7.53. The number of nitrogens with one attached hydrogen (secondary N) is 3. The lowest BCUT2D eigenvalue weighted by Crippen LogP contribution is -2.46. The number of hydrogen-bond donors (Lipinski definition) is 4. The number of methoxy groups -OCH3 is 2. The molecular formula is C50H53N5O9. The molecule has 0 radical (unpaired) electrons. The number of rotatable bonds is 14. The maximum absolute atomic E-state index is 13.1. The standard InChI is InChI=1S/C31H38N4O4.C19H15NO5/c1-37-29-10-5-7-24-22(21-39-30(24)29)20-38-28-9-6-8-26-25(28)19-27(33-26)31(36)32-23-11-15-35(16-12-23)18-17-34-13-3-2-4-14-34;1-23-17-7-2-4-12-11(10-25-18(12)17)9-24-16-6-3-5-14-13(16)8-15(20-14)19(21)22/h5-10,19,21,23,33H,2-4,11-18,20H2,1H3,(H,32,36);2-8,10,20H,9H2,1H3,(H,21,22).